The molecule has 1 saturated heterocycles. The number of nitrogens with zero attached hydrogens (tertiary/aromatic N) is 2. The number of rotatable bonds is 8. The lowest BCUT2D eigenvalue weighted by molar-refractivity contribution is 0.315. The summed E-state index contributed by atoms with van der Waals surface area (Å²) in [7, 11) is 0. The fourth-order valence-electron chi connectivity index (χ4n) is 3.20. The van der Waals surface area contributed by atoms with Gasteiger partial charge in [0.1, 0.15) is 0 Å². The predicted molar refractivity (Wildman–Crippen MR) is 104 cm³/mol. The van der Waals surface area contributed by atoms with Crippen LogP contribution in [0.3, 0.4) is 0 Å². The molecular weight excluding hydrogens is 316 g/mol. The third kappa shape index (κ3) is 5.71. The van der Waals surface area contributed by atoms with E-state index >= 15 is 0 Å². The third-order valence-corrected chi connectivity index (χ3v) is 5.65. The molecular formula is C19H30N4S. The van der Waals surface area contributed by atoms with E-state index in [4.69, 9.17) is 4.99 Å². The van der Waals surface area contributed by atoms with Gasteiger partial charge in [-0.15, -0.1) is 11.8 Å². The molecule has 0 bridgehead atoms. The highest BCUT2D eigenvalue weighted by Gasteiger charge is 2.34. The number of thioether (sulfide) groups is 1. The van der Waals surface area contributed by atoms with Crippen LogP contribution in [0.4, 0.5) is 0 Å². The Kier molecular flexibility index (Phi) is 6.85. The van der Waals surface area contributed by atoms with E-state index in [1.165, 1.54) is 37.2 Å². The lowest BCUT2D eigenvalue weighted by Gasteiger charge is -2.15. The van der Waals surface area contributed by atoms with Gasteiger partial charge in [0.2, 0.25) is 0 Å². The van der Waals surface area contributed by atoms with Crippen LogP contribution < -0.4 is 10.6 Å². The van der Waals surface area contributed by atoms with Crippen LogP contribution in [0.15, 0.2) is 40.2 Å². The number of aliphatic imine (C=N–C) groups is 1. The van der Waals surface area contributed by atoms with E-state index in [0.29, 0.717) is 0 Å². The predicted octanol–water partition coefficient (Wildman–Crippen LogP) is 2.82. The maximum absolute atomic E-state index is 4.81. The molecule has 0 amide bonds. The lowest BCUT2D eigenvalue weighted by Crippen LogP contribution is -2.38. The molecule has 2 N–H and O–H groups in total. The number of benzene rings is 1. The largest absolute Gasteiger partial charge is 0.357 e. The SMILES string of the molecule is CCNC(=NCC1CCN(C2CC2)C1)NCCSc1ccccc1. The molecule has 1 aromatic carbocycles. The zero-order valence-electron chi connectivity index (χ0n) is 14.7. The van der Waals surface area contributed by atoms with Crippen LogP contribution in [-0.2, 0) is 0 Å². The highest BCUT2D eigenvalue weighted by molar-refractivity contribution is 7.99. The highest BCUT2D eigenvalue weighted by atomic mass is 32.2. The first-order chi connectivity index (χ1) is 11.8. The maximum atomic E-state index is 4.81. The summed E-state index contributed by atoms with van der Waals surface area (Å²) in [6.07, 6.45) is 4.14. The average Bonchev–Trinajstić information content (AvgIpc) is 3.36. The van der Waals surface area contributed by atoms with Crippen molar-refractivity contribution in [2.45, 2.75) is 37.1 Å². The van der Waals surface area contributed by atoms with Crippen LogP contribution in [0, 0.1) is 5.92 Å². The van der Waals surface area contributed by atoms with Crippen LogP contribution in [-0.4, -0.2) is 55.4 Å². The Morgan fingerprint density at radius 1 is 1.21 bits per heavy atom. The lowest BCUT2D eigenvalue weighted by atomic mass is 10.1. The second-order valence-electron chi connectivity index (χ2n) is 6.69. The summed E-state index contributed by atoms with van der Waals surface area (Å²) < 4.78 is 0. The number of nitrogens with one attached hydrogen (secondary N) is 2. The molecule has 2 aliphatic rings. The van der Waals surface area contributed by atoms with Crippen molar-refractivity contribution in [2.75, 3.05) is 38.5 Å². The van der Waals surface area contributed by atoms with Crippen LogP contribution in [0.1, 0.15) is 26.2 Å². The fraction of sp³-hybridized carbons (Fsp3) is 0.632. The van der Waals surface area contributed by atoms with E-state index in [1.54, 1.807) is 0 Å². The van der Waals surface area contributed by atoms with E-state index in [1.807, 2.05) is 11.8 Å². The molecule has 4 nitrogen and oxygen atoms in total. The maximum Gasteiger partial charge on any atom is 0.191 e. The van der Waals surface area contributed by atoms with Gasteiger partial charge in [0.25, 0.3) is 0 Å². The molecule has 1 heterocycles. The molecule has 1 aromatic rings. The van der Waals surface area contributed by atoms with Crippen LogP contribution in [0.5, 0.6) is 0 Å². The van der Waals surface area contributed by atoms with Crippen molar-refractivity contribution in [1.82, 2.24) is 15.5 Å². The molecule has 24 heavy (non-hydrogen) atoms. The second-order valence-corrected chi connectivity index (χ2v) is 7.86. The van der Waals surface area contributed by atoms with Gasteiger partial charge in [-0.05, 0) is 50.8 Å². The van der Waals surface area contributed by atoms with E-state index in [0.717, 1.165) is 43.3 Å². The topological polar surface area (TPSA) is 39.7 Å². The summed E-state index contributed by atoms with van der Waals surface area (Å²) in [6, 6.07) is 11.5. The van der Waals surface area contributed by atoms with E-state index in [-0.39, 0.29) is 0 Å². The molecule has 1 unspecified atom stereocenters. The number of likely N-dealkylation sites (tertiary alicyclic amines) is 1. The van der Waals surface area contributed by atoms with Crippen molar-refractivity contribution in [3.05, 3.63) is 30.3 Å². The minimum absolute atomic E-state index is 0.736. The summed E-state index contributed by atoms with van der Waals surface area (Å²) in [5.41, 5.74) is 0. The molecule has 3 rings (SSSR count). The van der Waals surface area contributed by atoms with Gasteiger partial charge in [-0.1, -0.05) is 18.2 Å². The minimum atomic E-state index is 0.736. The Morgan fingerprint density at radius 3 is 2.79 bits per heavy atom. The van der Waals surface area contributed by atoms with Crippen LogP contribution >= 0.6 is 11.8 Å². The summed E-state index contributed by atoms with van der Waals surface area (Å²) >= 11 is 1.88. The number of hydrogen-bond donors (Lipinski definition) is 2. The first-order valence-corrected chi connectivity index (χ1v) is 10.3. The molecule has 1 atom stereocenters. The van der Waals surface area contributed by atoms with Crippen molar-refractivity contribution in [1.29, 1.82) is 0 Å². The quantitative estimate of drug-likeness (QED) is 0.329. The average molecular weight is 347 g/mol. The molecule has 0 spiro atoms. The van der Waals surface area contributed by atoms with Gasteiger partial charge in [-0.3, -0.25) is 4.99 Å². The normalized spacial score (nSPS) is 21.9. The van der Waals surface area contributed by atoms with Gasteiger partial charge in [0, 0.05) is 42.9 Å². The van der Waals surface area contributed by atoms with Crippen molar-refractivity contribution in [2.24, 2.45) is 10.9 Å². The summed E-state index contributed by atoms with van der Waals surface area (Å²) in [4.78, 5) is 8.80. The van der Waals surface area contributed by atoms with Gasteiger partial charge in [0.05, 0.1) is 0 Å². The fourth-order valence-corrected chi connectivity index (χ4v) is 3.99. The smallest absolute Gasteiger partial charge is 0.191 e. The highest BCUT2D eigenvalue weighted by Crippen LogP contribution is 2.31. The van der Waals surface area contributed by atoms with E-state index < -0.39 is 0 Å². The molecule has 2 fully saturated rings. The Labute approximate surface area is 150 Å². The Morgan fingerprint density at radius 2 is 2.04 bits per heavy atom. The van der Waals surface area contributed by atoms with Gasteiger partial charge >= 0.3 is 0 Å². The Bertz CT molecular complexity index is 515. The zero-order chi connectivity index (χ0) is 16.6. The van der Waals surface area contributed by atoms with Gasteiger partial charge < -0.3 is 15.5 Å². The minimum Gasteiger partial charge on any atom is -0.357 e. The third-order valence-electron chi connectivity index (χ3n) is 4.64. The summed E-state index contributed by atoms with van der Waals surface area (Å²) in [5, 5.41) is 6.83. The van der Waals surface area contributed by atoms with Gasteiger partial charge in [-0.2, -0.15) is 0 Å². The van der Waals surface area contributed by atoms with Gasteiger partial charge in [0.15, 0.2) is 5.96 Å². The molecule has 1 aliphatic carbocycles. The summed E-state index contributed by atoms with van der Waals surface area (Å²) in [6.45, 7) is 7.45. The number of guanidine groups is 1. The molecule has 1 saturated carbocycles. The molecule has 1 aliphatic heterocycles. The Hall–Kier alpha value is -1.20. The van der Waals surface area contributed by atoms with Crippen LogP contribution in [0.2, 0.25) is 0 Å². The molecule has 132 valence electrons. The van der Waals surface area contributed by atoms with E-state index in [9.17, 15) is 0 Å². The monoisotopic (exact) mass is 346 g/mol. The van der Waals surface area contributed by atoms with Crippen molar-refractivity contribution in [3.8, 4) is 0 Å². The van der Waals surface area contributed by atoms with Crippen molar-refractivity contribution >= 4 is 17.7 Å². The zero-order valence-corrected chi connectivity index (χ0v) is 15.5. The standard InChI is InChI=1S/C19H30N4S/c1-2-20-19(21-11-13-24-18-6-4-3-5-7-18)22-14-16-10-12-23(15-16)17-8-9-17/h3-7,16-17H,2,8-15H2,1H3,(H2,20,21,22). The second kappa shape index (κ2) is 9.33. The first-order valence-electron chi connectivity index (χ1n) is 9.29. The van der Waals surface area contributed by atoms with Gasteiger partial charge in [-0.25, -0.2) is 0 Å². The Balaban J connectivity index is 1.37. The number of hydrogen-bond acceptors (Lipinski definition) is 3. The summed E-state index contributed by atoms with van der Waals surface area (Å²) in [5.74, 6) is 2.75. The first kappa shape index (κ1) is 17.6. The van der Waals surface area contributed by atoms with Crippen molar-refractivity contribution < 1.29 is 0 Å². The molecule has 0 radical (unpaired) electrons. The molecule has 0 aromatic heterocycles. The van der Waals surface area contributed by atoms with E-state index in [2.05, 4.69) is 52.8 Å². The molecule has 5 heteroatoms. The van der Waals surface area contributed by atoms with Crippen LogP contribution in [0.25, 0.3) is 0 Å². The van der Waals surface area contributed by atoms with Crippen molar-refractivity contribution in [3.63, 3.8) is 0 Å².